The molecule has 2 aromatic heterocycles. The Morgan fingerprint density at radius 3 is 3.07 bits per heavy atom. The van der Waals surface area contributed by atoms with E-state index in [-0.39, 0.29) is 5.28 Å². The van der Waals surface area contributed by atoms with E-state index in [9.17, 15) is 0 Å². The van der Waals surface area contributed by atoms with E-state index in [2.05, 4.69) is 21.9 Å². The normalized spacial score (nSPS) is 10.5. The Bertz CT molecular complexity index is 509. The molecule has 0 aliphatic rings. The molecule has 78 valence electrons. The Hall–Kier alpha value is -0.840. The second-order valence-corrected chi connectivity index (χ2v) is 4.62. The van der Waals surface area contributed by atoms with Gasteiger partial charge in [-0.25, -0.2) is 9.97 Å². The van der Waals surface area contributed by atoms with Crippen molar-refractivity contribution in [1.29, 1.82) is 0 Å². The average Bonchev–Trinajstić information content (AvgIpc) is 2.61. The summed E-state index contributed by atoms with van der Waals surface area (Å²) < 4.78 is 0. The van der Waals surface area contributed by atoms with Crippen molar-refractivity contribution in [1.82, 2.24) is 9.97 Å². The van der Waals surface area contributed by atoms with Crippen molar-refractivity contribution in [3.05, 3.63) is 28.3 Å². The minimum atomic E-state index is 0.229. The van der Waals surface area contributed by atoms with Gasteiger partial charge >= 0.3 is 0 Å². The van der Waals surface area contributed by atoms with Crippen LogP contribution in [0, 0.1) is 0 Å². The number of fused-ring (bicyclic) bond motifs is 1. The van der Waals surface area contributed by atoms with Gasteiger partial charge in [-0.2, -0.15) is 0 Å². The second kappa shape index (κ2) is 4.35. The van der Waals surface area contributed by atoms with Gasteiger partial charge in [0.2, 0.25) is 5.28 Å². The highest BCUT2D eigenvalue weighted by Gasteiger charge is 2.07. The van der Waals surface area contributed by atoms with Crippen molar-refractivity contribution in [3.63, 3.8) is 0 Å². The van der Waals surface area contributed by atoms with Gasteiger partial charge in [-0.1, -0.05) is 18.2 Å². The third kappa shape index (κ3) is 2.40. The summed E-state index contributed by atoms with van der Waals surface area (Å²) in [5.41, 5.74) is 0. The molecular formula is C9H7Cl2N3S. The van der Waals surface area contributed by atoms with Gasteiger partial charge < -0.3 is 5.32 Å². The number of hydrogen-bond acceptors (Lipinski definition) is 4. The van der Waals surface area contributed by atoms with E-state index in [1.807, 2.05) is 11.4 Å². The summed E-state index contributed by atoms with van der Waals surface area (Å²) in [6.07, 6.45) is 0. The van der Waals surface area contributed by atoms with Crippen LogP contribution in [-0.4, -0.2) is 16.5 Å². The molecule has 3 nitrogen and oxygen atoms in total. The lowest BCUT2D eigenvalue weighted by Gasteiger charge is -2.05. The molecule has 0 saturated heterocycles. The van der Waals surface area contributed by atoms with Gasteiger partial charge in [0.25, 0.3) is 0 Å². The van der Waals surface area contributed by atoms with Crippen molar-refractivity contribution in [3.8, 4) is 0 Å². The number of thiophene rings is 1. The van der Waals surface area contributed by atoms with Crippen LogP contribution in [0.5, 0.6) is 0 Å². The average molecular weight is 260 g/mol. The number of nitrogens with one attached hydrogen (secondary N) is 1. The molecule has 2 aromatic rings. The van der Waals surface area contributed by atoms with Crippen LogP contribution in [0.2, 0.25) is 5.28 Å². The Kier molecular flexibility index (Phi) is 3.09. The van der Waals surface area contributed by atoms with E-state index >= 15 is 0 Å². The first-order valence-electron chi connectivity index (χ1n) is 4.14. The maximum absolute atomic E-state index is 5.79. The van der Waals surface area contributed by atoms with E-state index in [4.69, 9.17) is 23.2 Å². The van der Waals surface area contributed by atoms with Gasteiger partial charge in [0.1, 0.15) is 10.6 Å². The van der Waals surface area contributed by atoms with E-state index < -0.39 is 0 Å². The first kappa shape index (κ1) is 10.7. The summed E-state index contributed by atoms with van der Waals surface area (Å²) >= 11 is 13.0. The van der Waals surface area contributed by atoms with E-state index in [0.717, 1.165) is 10.2 Å². The summed E-state index contributed by atoms with van der Waals surface area (Å²) in [5, 5.41) is 6.69. The molecule has 0 bridgehead atoms. The predicted molar refractivity (Wildman–Crippen MR) is 65.9 cm³/mol. The Morgan fingerprint density at radius 1 is 1.53 bits per heavy atom. The molecule has 15 heavy (non-hydrogen) atoms. The molecule has 1 N–H and O–H groups in total. The predicted octanol–water partition coefficient (Wildman–Crippen LogP) is 3.51. The SMILES string of the molecule is C=C(Cl)CNc1nc(Cl)nc2sccc12. The van der Waals surface area contributed by atoms with Crippen LogP contribution in [0.4, 0.5) is 5.82 Å². The van der Waals surface area contributed by atoms with Crippen molar-refractivity contribution < 1.29 is 0 Å². The molecular weight excluding hydrogens is 253 g/mol. The monoisotopic (exact) mass is 259 g/mol. The number of anilines is 1. The zero-order chi connectivity index (χ0) is 10.8. The molecule has 0 aliphatic carbocycles. The van der Waals surface area contributed by atoms with Crippen molar-refractivity contribution >= 4 is 50.6 Å². The number of hydrogen-bond donors (Lipinski definition) is 1. The Morgan fingerprint density at radius 2 is 2.33 bits per heavy atom. The summed E-state index contributed by atoms with van der Waals surface area (Å²) in [7, 11) is 0. The van der Waals surface area contributed by atoms with Crippen molar-refractivity contribution in [2.45, 2.75) is 0 Å². The summed E-state index contributed by atoms with van der Waals surface area (Å²) in [4.78, 5) is 9.06. The number of halogens is 2. The van der Waals surface area contributed by atoms with E-state index in [1.54, 1.807) is 0 Å². The molecule has 0 saturated carbocycles. The minimum absolute atomic E-state index is 0.229. The maximum Gasteiger partial charge on any atom is 0.225 e. The van der Waals surface area contributed by atoms with Crippen LogP contribution in [0.3, 0.4) is 0 Å². The van der Waals surface area contributed by atoms with Gasteiger partial charge in [0.15, 0.2) is 0 Å². The molecule has 0 unspecified atom stereocenters. The highest BCUT2D eigenvalue weighted by molar-refractivity contribution is 7.16. The molecule has 0 radical (unpaired) electrons. The zero-order valence-corrected chi connectivity index (χ0v) is 9.96. The fourth-order valence-corrected chi connectivity index (χ4v) is 2.19. The molecule has 2 heterocycles. The number of aromatic nitrogens is 2. The van der Waals surface area contributed by atoms with Crippen LogP contribution < -0.4 is 5.32 Å². The lowest BCUT2D eigenvalue weighted by Crippen LogP contribution is -2.03. The van der Waals surface area contributed by atoms with Gasteiger partial charge in [-0.15, -0.1) is 11.3 Å². The van der Waals surface area contributed by atoms with Crippen molar-refractivity contribution in [2.75, 3.05) is 11.9 Å². The van der Waals surface area contributed by atoms with Crippen LogP contribution in [0.15, 0.2) is 23.1 Å². The highest BCUT2D eigenvalue weighted by atomic mass is 35.5. The topological polar surface area (TPSA) is 37.8 Å². The minimum Gasteiger partial charge on any atom is -0.364 e. The first-order chi connectivity index (χ1) is 7.16. The largest absolute Gasteiger partial charge is 0.364 e. The van der Waals surface area contributed by atoms with Gasteiger partial charge in [0, 0.05) is 5.03 Å². The molecule has 0 aliphatic heterocycles. The van der Waals surface area contributed by atoms with Crippen LogP contribution in [0.25, 0.3) is 10.2 Å². The van der Waals surface area contributed by atoms with Gasteiger partial charge in [-0.05, 0) is 23.0 Å². The highest BCUT2D eigenvalue weighted by Crippen LogP contribution is 2.26. The third-order valence-corrected chi connectivity index (χ3v) is 2.85. The van der Waals surface area contributed by atoms with Gasteiger partial charge in [-0.3, -0.25) is 0 Å². The smallest absolute Gasteiger partial charge is 0.225 e. The quantitative estimate of drug-likeness (QED) is 0.858. The molecule has 0 atom stereocenters. The second-order valence-electron chi connectivity index (χ2n) is 2.85. The maximum atomic E-state index is 5.79. The molecule has 0 spiro atoms. The summed E-state index contributed by atoms with van der Waals surface area (Å²) in [6.45, 7) is 4.05. The fourth-order valence-electron chi connectivity index (χ4n) is 1.14. The molecule has 6 heteroatoms. The zero-order valence-electron chi connectivity index (χ0n) is 7.63. The fraction of sp³-hybridized carbons (Fsp3) is 0.111. The number of nitrogens with zero attached hydrogens (tertiary/aromatic N) is 2. The molecule has 0 amide bonds. The molecule has 2 rings (SSSR count). The third-order valence-electron chi connectivity index (χ3n) is 1.75. The van der Waals surface area contributed by atoms with Crippen LogP contribution >= 0.6 is 34.5 Å². The van der Waals surface area contributed by atoms with Crippen LogP contribution in [-0.2, 0) is 0 Å². The lowest BCUT2D eigenvalue weighted by molar-refractivity contribution is 1.18. The summed E-state index contributed by atoms with van der Waals surface area (Å²) in [5.74, 6) is 0.688. The van der Waals surface area contributed by atoms with Gasteiger partial charge in [0.05, 0.1) is 11.9 Å². The van der Waals surface area contributed by atoms with E-state index in [0.29, 0.717) is 17.4 Å². The standard InChI is InChI=1S/C9H7Cl2N3S/c1-5(10)4-12-7-6-2-3-15-8(6)14-9(11)13-7/h2-3H,1,4H2,(H,12,13,14). The van der Waals surface area contributed by atoms with Crippen molar-refractivity contribution in [2.24, 2.45) is 0 Å². The van der Waals surface area contributed by atoms with Crippen LogP contribution in [0.1, 0.15) is 0 Å². The Labute approximate surface area is 101 Å². The molecule has 0 aromatic carbocycles. The molecule has 0 fully saturated rings. The first-order valence-corrected chi connectivity index (χ1v) is 5.78. The summed E-state index contributed by atoms with van der Waals surface area (Å²) in [6, 6.07) is 1.94. The Balaban J connectivity index is 2.39. The lowest BCUT2D eigenvalue weighted by atomic mass is 10.4. The van der Waals surface area contributed by atoms with E-state index in [1.165, 1.54) is 11.3 Å². The number of rotatable bonds is 3.